The smallest absolute Gasteiger partial charge is 0.236 e. The van der Waals surface area contributed by atoms with Crippen LogP contribution in [-0.4, -0.2) is 36.5 Å². The number of aliphatic hydroxyl groups excluding tert-OH is 1. The summed E-state index contributed by atoms with van der Waals surface area (Å²) in [5.74, 6) is -1.44. The van der Waals surface area contributed by atoms with Gasteiger partial charge in [-0.15, -0.1) is 6.58 Å². The quantitative estimate of drug-likeness (QED) is 0.745. The van der Waals surface area contributed by atoms with Crippen LogP contribution in [0.2, 0.25) is 0 Å². The molecule has 17 heavy (non-hydrogen) atoms. The molecule has 98 valence electrons. The molecule has 1 N–H and O–H groups in total. The monoisotopic (exact) mass is 242 g/mol. The number of hydrogen-bond donors (Lipinski definition) is 1. The van der Waals surface area contributed by atoms with Crippen LogP contribution in [0.25, 0.3) is 0 Å². The van der Waals surface area contributed by atoms with E-state index in [1.807, 2.05) is 0 Å². The highest BCUT2D eigenvalue weighted by atomic mass is 16.7. The van der Waals surface area contributed by atoms with Crippen molar-refractivity contribution in [3.8, 4) is 0 Å². The molecule has 0 aliphatic carbocycles. The fourth-order valence-corrected chi connectivity index (χ4v) is 2.25. The summed E-state index contributed by atoms with van der Waals surface area (Å²) in [5, 5.41) is 9.44. The Morgan fingerprint density at radius 2 is 2.35 bits per heavy atom. The second-order valence-electron chi connectivity index (χ2n) is 5.09. The minimum absolute atomic E-state index is 0.0732. The first-order valence-electron chi connectivity index (χ1n) is 5.91. The first-order valence-corrected chi connectivity index (χ1v) is 5.91. The summed E-state index contributed by atoms with van der Waals surface area (Å²) in [6.07, 6.45) is 3.47. The van der Waals surface area contributed by atoms with Gasteiger partial charge in [-0.25, -0.2) is 0 Å². The third kappa shape index (κ3) is 2.44. The van der Waals surface area contributed by atoms with E-state index in [0.717, 1.165) is 0 Å². The molecule has 4 heteroatoms. The zero-order chi connectivity index (χ0) is 13.1. The van der Waals surface area contributed by atoms with Crippen molar-refractivity contribution in [3.05, 3.63) is 12.7 Å². The maximum Gasteiger partial charge on any atom is 0.236 e. The summed E-state index contributed by atoms with van der Waals surface area (Å²) in [5.41, 5.74) is -0.765. The summed E-state index contributed by atoms with van der Waals surface area (Å²) in [4.78, 5) is 12.1. The van der Waals surface area contributed by atoms with Crippen molar-refractivity contribution in [2.24, 2.45) is 5.41 Å². The topological polar surface area (TPSA) is 55.8 Å². The van der Waals surface area contributed by atoms with Gasteiger partial charge < -0.3 is 14.6 Å². The number of carbonyl (C=O) groups is 1. The molecule has 1 rings (SSSR count). The third-order valence-corrected chi connectivity index (χ3v) is 3.40. The Kier molecular flexibility index (Phi) is 4.47. The lowest BCUT2D eigenvalue weighted by atomic mass is 9.78. The number of hydrogen-bond acceptors (Lipinski definition) is 4. The summed E-state index contributed by atoms with van der Waals surface area (Å²) in [6, 6.07) is 0. The molecule has 0 radical (unpaired) electrons. The number of carbonyl (C=O) groups excluding carboxylic acids is 1. The first-order chi connectivity index (χ1) is 7.93. The molecule has 0 spiro atoms. The molecule has 0 aromatic carbocycles. The number of methoxy groups -OCH3 is 1. The Labute approximate surface area is 103 Å². The average Bonchev–Trinajstić information content (AvgIpc) is 2.31. The molecule has 1 saturated heterocycles. The molecule has 0 aromatic rings. The van der Waals surface area contributed by atoms with Crippen molar-refractivity contribution in [2.45, 2.75) is 45.0 Å². The normalized spacial score (nSPS) is 30.4. The lowest BCUT2D eigenvalue weighted by molar-refractivity contribution is -0.295. The van der Waals surface area contributed by atoms with Gasteiger partial charge in [-0.2, -0.15) is 0 Å². The minimum atomic E-state index is -1.34. The van der Waals surface area contributed by atoms with Crippen LogP contribution in [0, 0.1) is 5.41 Å². The Morgan fingerprint density at radius 3 is 2.82 bits per heavy atom. The van der Waals surface area contributed by atoms with Crippen LogP contribution in [0.3, 0.4) is 0 Å². The predicted molar refractivity (Wildman–Crippen MR) is 64.5 cm³/mol. The Morgan fingerprint density at radius 1 is 1.71 bits per heavy atom. The molecule has 0 unspecified atom stereocenters. The Balaban J connectivity index is 3.01. The van der Waals surface area contributed by atoms with Crippen molar-refractivity contribution >= 4 is 5.78 Å². The lowest BCUT2D eigenvalue weighted by Crippen LogP contribution is -2.60. The number of Topliss-reactive ketones (excluding diaryl/α,β-unsaturated/α-hetero) is 1. The van der Waals surface area contributed by atoms with Crippen molar-refractivity contribution < 1.29 is 19.4 Å². The molecular weight excluding hydrogens is 220 g/mol. The largest absolute Gasteiger partial charge is 0.396 e. The van der Waals surface area contributed by atoms with Gasteiger partial charge in [-0.1, -0.05) is 19.9 Å². The molecule has 2 atom stereocenters. The van der Waals surface area contributed by atoms with Crippen LogP contribution in [0.4, 0.5) is 0 Å². The van der Waals surface area contributed by atoms with Crippen LogP contribution in [0.15, 0.2) is 12.7 Å². The van der Waals surface area contributed by atoms with Gasteiger partial charge in [0.1, 0.15) is 0 Å². The van der Waals surface area contributed by atoms with Crippen LogP contribution < -0.4 is 0 Å². The number of ether oxygens (including phenoxy) is 2. The van der Waals surface area contributed by atoms with E-state index in [4.69, 9.17) is 9.47 Å². The summed E-state index contributed by atoms with van der Waals surface area (Å²) < 4.78 is 11.2. The van der Waals surface area contributed by atoms with Gasteiger partial charge in [-0.05, 0) is 12.8 Å². The third-order valence-electron chi connectivity index (χ3n) is 3.40. The Hall–Kier alpha value is -0.710. The van der Waals surface area contributed by atoms with Gasteiger partial charge in [-0.3, -0.25) is 4.79 Å². The maximum absolute atomic E-state index is 12.1. The molecular formula is C13H22O4. The van der Waals surface area contributed by atoms with E-state index in [9.17, 15) is 9.90 Å². The first kappa shape index (κ1) is 14.4. The minimum Gasteiger partial charge on any atom is -0.396 e. The number of ketones is 1. The van der Waals surface area contributed by atoms with Crippen LogP contribution in [0.1, 0.15) is 33.1 Å². The van der Waals surface area contributed by atoms with E-state index in [1.165, 1.54) is 7.11 Å². The van der Waals surface area contributed by atoms with Crippen molar-refractivity contribution in [1.29, 1.82) is 0 Å². The van der Waals surface area contributed by atoms with Gasteiger partial charge >= 0.3 is 0 Å². The van der Waals surface area contributed by atoms with E-state index in [1.54, 1.807) is 19.9 Å². The van der Waals surface area contributed by atoms with Crippen LogP contribution >= 0.6 is 0 Å². The van der Waals surface area contributed by atoms with E-state index in [2.05, 4.69) is 6.58 Å². The van der Waals surface area contributed by atoms with Gasteiger partial charge in [0.15, 0.2) is 5.78 Å². The highest BCUT2D eigenvalue weighted by Crippen LogP contribution is 2.41. The second-order valence-corrected chi connectivity index (χ2v) is 5.09. The zero-order valence-corrected chi connectivity index (χ0v) is 10.9. The van der Waals surface area contributed by atoms with Crippen molar-refractivity contribution in [1.82, 2.24) is 0 Å². The summed E-state index contributed by atoms with van der Waals surface area (Å²) in [6.45, 7) is 7.04. The molecule has 1 heterocycles. The van der Waals surface area contributed by atoms with Gasteiger partial charge in [0.2, 0.25) is 5.79 Å². The van der Waals surface area contributed by atoms with Gasteiger partial charge in [0.25, 0.3) is 0 Å². The average molecular weight is 242 g/mol. The van der Waals surface area contributed by atoms with E-state index >= 15 is 0 Å². The van der Waals surface area contributed by atoms with E-state index in [0.29, 0.717) is 19.3 Å². The molecule has 0 aromatic heterocycles. The lowest BCUT2D eigenvalue weighted by Gasteiger charge is -2.47. The number of rotatable bonds is 5. The maximum atomic E-state index is 12.1. The molecule has 1 aliphatic heterocycles. The number of aliphatic hydroxyl groups is 1. The second kappa shape index (κ2) is 5.29. The Bertz CT molecular complexity index is 298. The molecule has 1 fully saturated rings. The van der Waals surface area contributed by atoms with Gasteiger partial charge in [0, 0.05) is 18.9 Å². The SMILES string of the molecule is C=CC[C@@H]1CCC(=O)[C@](OC)(C(C)(C)CO)O1. The molecule has 0 bridgehead atoms. The molecule has 0 amide bonds. The molecule has 0 saturated carbocycles. The molecule has 1 aliphatic rings. The van der Waals surface area contributed by atoms with Crippen molar-refractivity contribution in [2.75, 3.05) is 13.7 Å². The van der Waals surface area contributed by atoms with Gasteiger partial charge in [0.05, 0.1) is 12.7 Å². The van der Waals surface area contributed by atoms with Crippen LogP contribution in [0.5, 0.6) is 0 Å². The molecule has 4 nitrogen and oxygen atoms in total. The van der Waals surface area contributed by atoms with E-state index < -0.39 is 11.2 Å². The highest BCUT2D eigenvalue weighted by Gasteiger charge is 2.55. The highest BCUT2D eigenvalue weighted by molar-refractivity contribution is 5.87. The fraction of sp³-hybridized carbons (Fsp3) is 0.769. The summed E-state index contributed by atoms with van der Waals surface area (Å²) >= 11 is 0. The van der Waals surface area contributed by atoms with Crippen LogP contribution in [-0.2, 0) is 14.3 Å². The van der Waals surface area contributed by atoms with Crippen molar-refractivity contribution in [3.63, 3.8) is 0 Å². The summed E-state index contributed by atoms with van der Waals surface area (Å²) in [7, 11) is 1.45. The predicted octanol–water partition coefficient (Wildman–Crippen LogP) is 1.67. The van der Waals surface area contributed by atoms with E-state index in [-0.39, 0.29) is 18.5 Å². The zero-order valence-electron chi connectivity index (χ0n) is 10.9. The fourth-order valence-electron chi connectivity index (χ4n) is 2.25. The standard InChI is InChI=1S/C13H22O4/c1-5-6-10-7-8-11(15)13(16-4,17-10)12(2,3)9-14/h5,10,14H,1,6-9H2,2-4H3/t10-,13-/m1/s1.